The highest BCUT2D eigenvalue weighted by Crippen LogP contribution is 2.17. The van der Waals surface area contributed by atoms with Crippen LogP contribution in [0.3, 0.4) is 0 Å². The number of amides is 1. The zero-order valence-corrected chi connectivity index (χ0v) is 12.4. The van der Waals surface area contributed by atoms with Crippen LogP contribution in [0.15, 0.2) is 24.3 Å². The van der Waals surface area contributed by atoms with E-state index in [-0.39, 0.29) is 18.1 Å². The van der Waals surface area contributed by atoms with Crippen molar-refractivity contribution < 1.29 is 9.53 Å². The first-order chi connectivity index (χ1) is 10.2. The second kappa shape index (κ2) is 7.82. The predicted octanol–water partition coefficient (Wildman–Crippen LogP) is 1.74. The van der Waals surface area contributed by atoms with Gasteiger partial charge in [-0.3, -0.25) is 4.79 Å². The minimum Gasteiger partial charge on any atom is -0.378 e. The number of rotatable bonds is 4. The third kappa shape index (κ3) is 4.89. The van der Waals surface area contributed by atoms with Gasteiger partial charge in [0.15, 0.2) is 0 Å². The Hall–Kier alpha value is -1.83. The van der Waals surface area contributed by atoms with Gasteiger partial charge in [-0.1, -0.05) is 24.0 Å². The monoisotopic (exact) mass is 286 g/mol. The second-order valence-corrected chi connectivity index (χ2v) is 5.26. The van der Waals surface area contributed by atoms with E-state index < -0.39 is 0 Å². The van der Waals surface area contributed by atoms with E-state index >= 15 is 0 Å². The highest BCUT2D eigenvalue weighted by Gasteiger charge is 2.20. The molecule has 2 atom stereocenters. The van der Waals surface area contributed by atoms with E-state index in [1.165, 1.54) is 0 Å². The van der Waals surface area contributed by atoms with Crippen LogP contribution in [-0.2, 0) is 9.53 Å². The van der Waals surface area contributed by atoms with Gasteiger partial charge in [-0.2, -0.15) is 0 Å². The van der Waals surface area contributed by atoms with Gasteiger partial charge in [-0.15, -0.1) is 0 Å². The van der Waals surface area contributed by atoms with Crippen LogP contribution >= 0.6 is 0 Å². The number of hydrogen-bond acceptors (Lipinski definition) is 3. The lowest BCUT2D eigenvalue weighted by Gasteiger charge is -2.16. The highest BCUT2D eigenvalue weighted by molar-refractivity contribution is 5.77. The van der Waals surface area contributed by atoms with Crippen LogP contribution < -0.4 is 11.1 Å². The maximum Gasteiger partial charge on any atom is 0.223 e. The molecule has 2 unspecified atom stereocenters. The summed E-state index contributed by atoms with van der Waals surface area (Å²) in [6.07, 6.45) is 2.57. The van der Waals surface area contributed by atoms with Crippen LogP contribution in [0, 0.1) is 11.8 Å². The molecule has 0 bridgehead atoms. The zero-order chi connectivity index (χ0) is 15.1. The average Bonchev–Trinajstić information content (AvgIpc) is 2.98. The van der Waals surface area contributed by atoms with Gasteiger partial charge in [-0.25, -0.2) is 0 Å². The average molecular weight is 286 g/mol. The molecule has 1 aliphatic rings. The number of carbonyl (C=O) groups is 1. The van der Waals surface area contributed by atoms with E-state index in [9.17, 15) is 4.79 Å². The molecule has 1 fully saturated rings. The topological polar surface area (TPSA) is 64.3 Å². The minimum absolute atomic E-state index is 0.0181. The number of benzene rings is 1. The molecule has 1 heterocycles. The smallest absolute Gasteiger partial charge is 0.223 e. The van der Waals surface area contributed by atoms with Crippen molar-refractivity contribution in [1.82, 2.24) is 5.32 Å². The fourth-order valence-electron chi connectivity index (χ4n) is 2.40. The lowest BCUT2D eigenvalue weighted by molar-refractivity contribution is -0.123. The molecule has 0 aliphatic carbocycles. The van der Waals surface area contributed by atoms with Crippen molar-refractivity contribution in [2.75, 3.05) is 13.2 Å². The van der Waals surface area contributed by atoms with Gasteiger partial charge in [0.2, 0.25) is 5.91 Å². The van der Waals surface area contributed by atoms with E-state index in [1.54, 1.807) is 0 Å². The van der Waals surface area contributed by atoms with Crippen LogP contribution in [-0.4, -0.2) is 25.2 Å². The van der Waals surface area contributed by atoms with Crippen LogP contribution in [0.1, 0.15) is 43.4 Å². The number of ether oxygens (including phenoxy) is 1. The summed E-state index contributed by atoms with van der Waals surface area (Å²) in [6, 6.07) is 7.84. The molecule has 0 aromatic heterocycles. The Balaban J connectivity index is 1.87. The summed E-state index contributed by atoms with van der Waals surface area (Å²) >= 11 is 0. The molecule has 2 rings (SSSR count). The van der Waals surface area contributed by atoms with Crippen LogP contribution in [0.25, 0.3) is 0 Å². The maximum absolute atomic E-state index is 12.0. The Bertz CT molecular complexity index is 522. The Labute approximate surface area is 126 Å². The van der Waals surface area contributed by atoms with Crippen LogP contribution in [0.5, 0.6) is 0 Å². The number of carbonyl (C=O) groups excluding carboxylic acids is 1. The quantitative estimate of drug-likeness (QED) is 0.829. The lowest BCUT2D eigenvalue weighted by atomic mass is 10.1. The van der Waals surface area contributed by atoms with Gasteiger partial charge in [0.1, 0.15) is 0 Å². The van der Waals surface area contributed by atoms with Crippen molar-refractivity contribution in [2.24, 2.45) is 5.73 Å². The molecule has 0 radical (unpaired) electrons. The number of nitrogens with one attached hydrogen (secondary N) is 1. The van der Waals surface area contributed by atoms with E-state index in [2.05, 4.69) is 17.2 Å². The second-order valence-electron chi connectivity index (χ2n) is 5.26. The summed E-state index contributed by atoms with van der Waals surface area (Å²) in [7, 11) is 0. The molecule has 4 nitrogen and oxygen atoms in total. The van der Waals surface area contributed by atoms with Gasteiger partial charge in [0, 0.05) is 12.2 Å². The van der Waals surface area contributed by atoms with Crippen LogP contribution in [0.2, 0.25) is 0 Å². The molecule has 21 heavy (non-hydrogen) atoms. The molecule has 1 aliphatic heterocycles. The summed E-state index contributed by atoms with van der Waals surface area (Å²) in [5, 5.41) is 3.01. The van der Waals surface area contributed by atoms with Crippen molar-refractivity contribution in [1.29, 1.82) is 0 Å². The minimum atomic E-state index is -0.0181. The molecule has 0 spiro atoms. The van der Waals surface area contributed by atoms with Gasteiger partial charge in [0.25, 0.3) is 0 Å². The van der Waals surface area contributed by atoms with E-state index in [1.807, 2.05) is 31.2 Å². The fraction of sp³-hybridized carbons (Fsp3) is 0.471. The van der Waals surface area contributed by atoms with E-state index in [4.69, 9.17) is 10.5 Å². The maximum atomic E-state index is 12.0. The van der Waals surface area contributed by atoms with Gasteiger partial charge in [0.05, 0.1) is 25.1 Å². The third-order valence-electron chi connectivity index (χ3n) is 3.56. The standard InChI is InChI=1S/C17H22N2O2/c1-13(19-17(20)12-16-5-3-11-21-16)15-8-6-14(7-9-15)4-2-10-18/h6-9,13,16H,3,5,10-12,18H2,1H3,(H,19,20). The Morgan fingerprint density at radius 1 is 1.48 bits per heavy atom. The van der Waals surface area contributed by atoms with Gasteiger partial charge >= 0.3 is 0 Å². The molecule has 1 saturated heterocycles. The van der Waals surface area contributed by atoms with Crippen molar-refractivity contribution in [3.05, 3.63) is 35.4 Å². The molecule has 4 heteroatoms. The van der Waals surface area contributed by atoms with E-state index in [0.29, 0.717) is 13.0 Å². The predicted molar refractivity (Wildman–Crippen MR) is 82.5 cm³/mol. The first-order valence-electron chi connectivity index (χ1n) is 7.39. The first-order valence-corrected chi connectivity index (χ1v) is 7.39. The molecular weight excluding hydrogens is 264 g/mol. The fourth-order valence-corrected chi connectivity index (χ4v) is 2.40. The molecule has 1 aromatic rings. The molecule has 112 valence electrons. The SMILES string of the molecule is CC(NC(=O)CC1CCCO1)c1ccc(C#CCN)cc1. The van der Waals surface area contributed by atoms with Crippen molar-refractivity contribution >= 4 is 5.91 Å². The number of hydrogen-bond donors (Lipinski definition) is 2. The Morgan fingerprint density at radius 3 is 2.86 bits per heavy atom. The lowest BCUT2D eigenvalue weighted by Crippen LogP contribution is -2.29. The molecule has 0 saturated carbocycles. The zero-order valence-electron chi connectivity index (χ0n) is 12.4. The largest absolute Gasteiger partial charge is 0.378 e. The normalized spacial score (nSPS) is 18.7. The summed E-state index contributed by atoms with van der Waals surface area (Å²) in [4.78, 5) is 12.0. The molecular formula is C17H22N2O2. The Kier molecular flexibility index (Phi) is 5.79. The molecule has 1 aromatic carbocycles. The summed E-state index contributed by atoms with van der Waals surface area (Å²) in [6.45, 7) is 3.12. The molecule has 1 amide bonds. The third-order valence-corrected chi connectivity index (χ3v) is 3.56. The van der Waals surface area contributed by atoms with Gasteiger partial charge < -0.3 is 15.8 Å². The summed E-state index contributed by atoms with van der Waals surface area (Å²) < 4.78 is 5.48. The number of nitrogens with two attached hydrogens (primary N) is 1. The summed E-state index contributed by atoms with van der Waals surface area (Å²) in [5.74, 6) is 5.84. The van der Waals surface area contributed by atoms with Crippen molar-refractivity contribution in [3.63, 3.8) is 0 Å². The Morgan fingerprint density at radius 2 is 2.24 bits per heavy atom. The summed E-state index contributed by atoms with van der Waals surface area (Å²) in [5.41, 5.74) is 7.34. The van der Waals surface area contributed by atoms with E-state index in [0.717, 1.165) is 30.6 Å². The van der Waals surface area contributed by atoms with Crippen molar-refractivity contribution in [2.45, 2.75) is 38.3 Å². The van der Waals surface area contributed by atoms with Crippen LogP contribution in [0.4, 0.5) is 0 Å². The van der Waals surface area contributed by atoms with Crippen molar-refractivity contribution in [3.8, 4) is 11.8 Å². The molecule has 3 N–H and O–H groups in total. The van der Waals surface area contributed by atoms with Gasteiger partial charge in [-0.05, 0) is 37.5 Å². The highest BCUT2D eigenvalue weighted by atomic mass is 16.5. The first kappa shape index (κ1) is 15.6.